The highest BCUT2D eigenvalue weighted by Gasteiger charge is 2.35. The van der Waals surface area contributed by atoms with Gasteiger partial charge in [-0.2, -0.15) is 0 Å². The Hall–Kier alpha value is -2.57. The molecule has 1 saturated carbocycles. The van der Waals surface area contributed by atoms with Crippen LogP contribution in [0.1, 0.15) is 70.9 Å². The first kappa shape index (κ1) is 23.1. The van der Waals surface area contributed by atoms with E-state index in [0.29, 0.717) is 32.5 Å². The molecule has 1 aliphatic heterocycles. The van der Waals surface area contributed by atoms with Crippen molar-refractivity contribution in [3.05, 3.63) is 35.9 Å². The van der Waals surface area contributed by atoms with Crippen LogP contribution >= 0.6 is 0 Å². The van der Waals surface area contributed by atoms with Crippen LogP contribution in [-0.2, 0) is 14.3 Å². The maximum absolute atomic E-state index is 13.1. The maximum Gasteiger partial charge on any atom is 0.410 e. The zero-order valence-corrected chi connectivity index (χ0v) is 18.9. The summed E-state index contributed by atoms with van der Waals surface area (Å²) in [5.74, 6) is -0.142. The second kappa shape index (κ2) is 10.2. The number of carbonyl (C=O) groups excluding carboxylic acids is 3. The van der Waals surface area contributed by atoms with Gasteiger partial charge in [-0.3, -0.25) is 9.59 Å². The average Bonchev–Trinajstić information content (AvgIpc) is 3.54. The Morgan fingerprint density at radius 3 is 2.52 bits per heavy atom. The number of benzene rings is 1. The summed E-state index contributed by atoms with van der Waals surface area (Å²) in [5.41, 5.74) is 0.297. The van der Waals surface area contributed by atoms with Crippen molar-refractivity contribution < 1.29 is 19.1 Å². The molecule has 7 heteroatoms. The first-order chi connectivity index (χ1) is 14.8. The third-order valence-electron chi connectivity index (χ3n) is 5.53. The zero-order valence-electron chi connectivity index (χ0n) is 18.9. The molecule has 3 rings (SSSR count). The molecule has 7 nitrogen and oxygen atoms in total. The Kier molecular flexibility index (Phi) is 7.57. The fourth-order valence-corrected chi connectivity index (χ4v) is 3.90. The van der Waals surface area contributed by atoms with E-state index < -0.39 is 11.6 Å². The van der Waals surface area contributed by atoms with Gasteiger partial charge in [-0.1, -0.05) is 30.3 Å². The summed E-state index contributed by atoms with van der Waals surface area (Å²) in [7, 11) is 0. The van der Waals surface area contributed by atoms with Crippen LogP contribution in [0.3, 0.4) is 0 Å². The van der Waals surface area contributed by atoms with Gasteiger partial charge < -0.3 is 19.9 Å². The van der Waals surface area contributed by atoms with Gasteiger partial charge in [0, 0.05) is 32.1 Å². The highest BCUT2D eigenvalue weighted by molar-refractivity contribution is 5.89. The molecule has 1 unspecified atom stereocenters. The van der Waals surface area contributed by atoms with E-state index >= 15 is 0 Å². The van der Waals surface area contributed by atoms with Gasteiger partial charge in [0.05, 0.1) is 0 Å². The summed E-state index contributed by atoms with van der Waals surface area (Å²) in [6.07, 6.45) is 4.62. The van der Waals surface area contributed by atoms with Gasteiger partial charge >= 0.3 is 6.09 Å². The van der Waals surface area contributed by atoms with Gasteiger partial charge in [-0.15, -0.1) is 0 Å². The SMILES string of the molecule is CC(C)(C)OC(=O)N(CCCNC(=O)C(c1ccccc1)N1CCCCC1=O)C1CC1. The van der Waals surface area contributed by atoms with Crippen LogP contribution in [0.25, 0.3) is 0 Å². The lowest BCUT2D eigenvalue weighted by Crippen LogP contribution is -2.46. The van der Waals surface area contributed by atoms with E-state index in [4.69, 9.17) is 4.74 Å². The first-order valence-electron chi connectivity index (χ1n) is 11.4. The Morgan fingerprint density at radius 1 is 1.19 bits per heavy atom. The van der Waals surface area contributed by atoms with E-state index in [0.717, 1.165) is 31.2 Å². The van der Waals surface area contributed by atoms with Crippen molar-refractivity contribution in [3.63, 3.8) is 0 Å². The quantitative estimate of drug-likeness (QED) is 0.640. The van der Waals surface area contributed by atoms with Crippen LogP contribution in [0.4, 0.5) is 4.79 Å². The van der Waals surface area contributed by atoms with Crippen molar-refractivity contribution in [2.24, 2.45) is 0 Å². The lowest BCUT2D eigenvalue weighted by molar-refractivity contribution is -0.142. The third-order valence-corrected chi connectivity index (χ3v) is 5.53. The fraction of sp³-hybridized carbons (Fsp3) is 0.625. The molecular formula is C24H35N3O4. The normalized spacial score (nSPS) is 17.8. The number of piperidine rings is 1. The molecule has 0 radical (unpaired) electrons. The number of nitrogens with one attached hydrogen (secondary N) is 1. The molecule has 1 aromatic rings. The van der Waals surface area contributed by atoms with Crippen LogP contribution in [0, 0.1) is 0 Å². The van der Waals surface area contributed by atoms with E-state index in [-0.39, 0.29) is 23.9 Å². The summed E-state index contributed by atoms with van der Waals surface area (Å²) < 4.78 is 5.52. The van der Waals surface area contributed by atoms with Gasteiger partial charge in [0.2, 0.25) is 11.8 Å². The number of rotatable bonds is 8. The van der Waals surface area contributed by atoms with Gasteiger partial charge in [-0.05, 0) is 58.4 Å². The highest BCUT2D eigenvalue weighted by Crippen LogP contribution is 2.29. The second-order valence-corrected chi connectivity index (χ2v) is 9.41. The highest BCUT2D eigenvalue weighted by atomic mass is 16.6. The molecule has 1 N–H and O–H groups in total. The van der Waals surface area contributed by atoms with Crippen LogP contribution in [-0.4, -0.2) is 59.0 Å². The van der Waals surface area contributed by atoms with Crippen molar-refractivity contribution in [1.82, 2.24) is 15.1 Å². The molecule has 2 aliphatic rings. The van der Waals surface area contributed by atoms with Gasteiger partial charge in [0.15, 0.2) is 0 Å². The molecular weight excluding hydrogens is 394 g/mol. The van der Waals surface area contributed by atoms with Crippen LogP contribution < -0.4 is 5.32 Å². The molecule has 31 heavy (non-hydrogen) atoms. The molecule has 1 aromatic carbocycles. The molecule has 1 atom stereocenters. The Morgan fingerprint density at radius 2 is 1.90 bits per heavy atom. The van der Waals surface area contributed by atoms with Gasteiger partial charge in [0.25, 0.3) is 0 Å². The van der Waals surface area contributed by atoms with E-state index in [1.807, 2.05) is 51.1 Å². The number of hydrogen-bond acceptors (Lipinski definition) is 4. The lowest BCUT2D eigenvalue weighted by atomic mass is 10.0. The zero-order chi connectivity index (χ0) is 22.4. The van der Waals surface area contributed by atoms with Gasteiger partial charge in [-0.25, -0.2) is 4.79 Å². The monoisotopic (exact) mass is 429 g/mol. The molecule has 1 saturated heterocycles. The van der Waals surface area contributed by atoms with E-state index in [9.17, 15) is 14.4 Å². The minimum atomic E-state index is -0.612. The number of ether oxygens (including phenoxy) is 1. The molecule has 170 valence electrons. The molecule has 3 amide bonds. The predicted octanol–water partition coefficient (Wildman–Crippen LogP) is 3.65. The van der Waals surface area contributed by atoms with E-state index in [1.165, 1.54) is 0 Å². The Labute approximate surface area is 185 Å². The van der Waals surface area contributed by atoms with E-state index in [2.05, 4.69) is 5.32 Å². The minimum absolute atomic E-state index is 0.0279. The smallest absolute Gasteiger partial charge is 0.410 e. The standard InChI is InChI=1S/C24H35N3O4/c1-24(2,3)31-23(30)26(19-13-14-19)17-9-15-25-22(29)21(18-10-5-4-6-11-18)27-16-8-7-12-20(27)28/h4-6,10-11,19,21H,7-9,12-17H2,1-3H3,(H,25,29). The topological polar surface area (TPSA) is 79.0 Å². The van der Waals surface area contributed by atoms with Crippen molar-refractivity contribution in [2.75, 3.05) is 19.6 Å². The van der Waals surface area contributed by atoms with E-state index in [1.54, 1.807) is 9.80 Å². The molecule has 1 aliphatic carbocycles. The number of nitrogens with zero attached hydrogens (tertiary/aromatic N) is 2. The molecule has 2 fully saturated rings. The van der Waals surface area contributed by atoms with Crippen LogP contribution in [0.15, 0.2) is 30.3 Å². The molecule has 1 heterocycles. The Bertz CT molecular complexity index is 771. The summed E-state index contributed by atoms with van der Waals surface area (Å²) >= 11 is 0. The summed E-state index contributed by atoms with van der Waals surface area (Å²) in [4.78, 5) is 41.5. The molecule has 0 spiro atoms. The summed E-state index contributed by atoms with van der Waals surface area (Å²) in [6, 6.07) is 9.09. The first-order valence-corrected chi connectivity index (χ1v) is 11.4. The summed E-state index contributed by atoms with van der Waals surface area (Å²) in [5, 5.41) is 2.99. The van der Waals surface area contributed by atoms with Crippen molar-refractivity contribution in [2.45, 2.75) is 77.0 Å². The fourth-order valence-electron chi connectivity index (χ4n) is 3.90. The average molecular weight is 430 g/mol. The summed E-state index contributed by atoms with van der Waals surface area (Å²) in [6.45, 7) is 7.17. The minimum Gasteiger partial charge on any atom is -0.444 e. The van der Waals surface area contributed by atoms with Crippen molar-refractivity contribution >= 4 is 17.9 Å². The van der Waals surface area contributed by atoms with Crippen LogP contribution in [0.5, 0.6) is 0 Å². The number of likely N-dealkylation sites (tertiary alicyclic amines) is 1. The second-order valence-electron chi connectivity index (χ2n) is 9.41. The van der Waals surface area contributed by atoms with Crippen molar-refractivity contribution in [3.8, 4) is 0 Å². The largest absolute Gasteiger partial charge is 0.444 e. The predicted molar refractivity (Wildman–Crippen MR) is 118 cm³/mol. The lowest BCUT2D eigenvalue weighted by Gasteiger charge is -2.34. The number of carbonyl (C=O) groups is 3. The van der Waals surface area contributed by atoms with Crippen LogP contribution in [0.2, 0.25) is 0 Å². The van der Waals surface area contributed by atoms with Gasteiger partial charge in [0.1, 0.15) is 11.6 Å². The van der Waals surface area contributed by atoms with Crippen molar-refractivity contribution in [1.29, 1.82) is 0 Å². The third kappa shape index (κ3) is 6.71. The number of hydrogen-bond donors (Lipinski definition) is 1. The maximum atomic E-state index is 13.1. The molecule has 0 bridgehead atoms. The Balaban J connectivity index is 1.57. The molecule has 0 aromatic heterocycles. The number of amides is 3.